The van der Waals surface area contributed by atoms with Crippen LogP contribution in [0.5, 0.6) is 0 Å². The molecule has 0 aromatic heterocycles. The zero-order chi connectivity index (χ0) is 12.4. The zero-order valence-electron chi connectivity index (χ0n) is 10.3. The highest BCUT2D eigenvalue weighted by Gasteiger charge is 2.34. The van der Waals surface area contributed by atoms with Crippen LogP contribution in [0.4, 0.5) is 0 Å². The quantitative estimate of drug-likeness (QED) is 0.810. The predicted octanol–water partition coefficient (Wildman–Crippen LogP) is 2.05. The number of allylic oxidation sites excluding steroid dienone is 1. The Balaban J connectivity index is 2.29. The maximum atomic E-state index is 11.2. The average molecular weight is 234 g/mol. The highest BCUT2D eigenvalue weighted by molar-refractivity contribution is 6.10. The lowest BCUT2D eigenvalue weighted by molar-refractivity contribution is -0.133. The molecule has 0 spiro atoms. The van der Waals surface area contributed by atoms with Crippen LogP contribution >= 0.6 is 0 Å². The van der Waals surface area contributed by atoms with Gasteiger partial charge in [0, 0.05) is 19.2 Å². The van der Waals surface area contributed by atoms with Gasteiger partial charge >= 0.3 is 5.97 Å². The van der Waals surface area contributed by atoms with Gasteiger partial charge in [0.15, 0.2) is 0 Å². The summed E-state index contributed by atoms with van der Waals surface area (Å²) in [5, 5.41) is 9.22. The molecule has 4 nitrogen and oxygen atoms in total. The molecule has 2 rings (SSSR count). The van der Waals surface area contributed by atoms with E-state index < -0.39 is 5.97 Å². The van der Waals surface area contributed by atoms with Crippen molar-refractivity contribution in [2.75, 3.05) is 13.6 Å². The number of aliphatic imine (C=N–C) groups is 1. The van der Waals surface area contributed by atoms with Gasteiger partial charge in [-0.1, -0.05) is 13.0 Å². The summed E-state index contributed by atoms with van der Waals surface area (Å²) < 4.78 is 0. The van der Waals surface area contributed by atoms with E-state index in [-0.39, 0.29) is 0 Å². The van der Waals surface area contributed by atoms with Crippen LogP contribution in [0.25, 0.3) is 0 Å². The van der Waals surface area contributed by atoms with Crippen LogP contribution in [-0.2, 0) is 4.79 Å². The van der Waals surface area contributed by atoms with Gasteiger partial charge in [0.25, 0.3) is 0 Å². The second-order valence-corrected chi connectivity index (χ2v) is 4.50. The standard InChI is InChI=1S/C13H18N2O2/c1-3-4-10-7-11(13(16)17)15(12(10)14-2)8-9-5-6-9/h4,7,9H,3,5-6,8H2,1-2H3,(H,16,17)/b10-4-,14-12?. The lowest BCUT2D eigenvalue weighted by atomic mass is 10.2. The molecule has 0 radical (unpaired) electrons. The summed E-state index contributed by atoms with van der Waals surface area (Å²) in [4.78, 5) is 17.3. The molecule has 0 aromatic rings. The van der Waals surface area contributed by atoms with E-state index in [0.717, 1.165) is 24.4 Å². The Morgan fingerprint density at radius 1 is 1.65 bits per heavy atom. The molecule has 1 aliphatic heterocycles. The third kappa shape index (κ3) is 2.40. The number of hydrogen-bond donors (Lipinski definition) is 1. The van der Waals surface area contributed by atoms with Gasteiger partial charge in [-0.3, -0.25) is 4.99 Å². The number of hydrogen-bond acceptors (Lipinski definition) is 2. The highest BCUT2D eigenvalue weighted by atomic mass is 16.4. The van der Waals surface area contributed by atoms with Crippen molar-refractivity contribution in [3.8, 4) is 0 Å². The molecule has 0 amide bonds. The Labute approximate surface area is 101 Å². The molecule has 4 heteroatoms. The molecule has 0 aromatic carbocycles. The number of amidine groups is 1. The maximum Gasteiger partial charge on any atom is 0.352 e. The first-order valence-electron chi connectivity index (χ1n) is 6.07. The van der Waals surface area contributed by atoms with Crippen LogP contribution in [0.3, 0.4) is 0 Å². The molecule has 1 heterocycles. The minimum absolute atomic E-state index is 0.359. The Hall–Kier alpha value is -1.58. The summed E-state index contributed by atoms with van der Waals surface area (Å²) in [6.07, 6.45) is 7.05. The monoisotopic (exact) mass is 234 g/mol. The molecule has 2 aliphatic rings. The Kier molecular flexibility index (Phi) is 3.31. The normalized spacial score (nSPS) is 24.6. The summed E-state index contributed by atoms with van der Waals surface area (Å²) >= 11 is 0. The first kappa shape index (κ1) is 11.9. The Bertz CT molecular complexity index is 417. The lowest BCUT2D eigenvalue weighted by Gasteiger charge is -2.20. The topological polar surface area (TPSA) is 52.9 Å². The number of carbonyl (C=O) groups is 1. The summed E-state index contributed by atoms with van der Waals surface area (Å²) in [6.45, 7) is 2.82. The van der Waals surface area contributed by atoms with Crippen molar-refractivity contribution in [3.63, 3.8) is 0 Å². The predicted molar refractivity (Wildman–Crippen MR) is 66.9 cm³/mol. The van der Waals surface area contributed by atoms with Crippen molar-refractivity contribution >= 4 is 11.8 Å². The fourth-order valence-electron chi connectivity index (χ4n) is 2.10. The van der Waals surface area contributed by atoms with E-state index in [2.05, 4.69) is 4.99 Å². The third-order valence-electron chi connectivity index (χ3n) is 3.09. The number of carboxylic acid groups (broad SMARTS) is 1. The van der Waals surface area contributed by atoms with Gasteiger partial charge in [-0.25, -0.2) is 4.79 Å². The molecule has 1 saturated carbocycles. The van der Waals surface area contributed by atoms with Gasteiger partial charge in [-0.2, -0.15) is 0 Å². The van der Waals surface area contributed by atoms with Gasteiger partial charge in [0.1, 0.15) is 11.5 Å². The lowest BCUT2D eigenvalue weighted by Crippen LogP contribution is -2.31. The van der Waals surface area contributed by atoms with Crippen molar-refractivity contribution in [2.24, 2.45) is 10.9 Å². The summed E-state index contributed by atoms with van der Waals surface area (Å²) in [7, 11) is 1.72. The van der Waals surface area contributed by atoms with Crippen LogP contribution in [0, 0.1) is 5.92 Å². The molecule has 17 heavy (non-hydrogen) atoms. The molecule has 0 atom stereocenters. The molecule has 1 fully saturated rings. The van der Waals surface area contributed by atoms with E-state index in [1.165, 1.54) is 12.8 Å². The van der Waals surface area contributed by atoms with Gasteiger partial charge < -0.3 is 10.0 Å². The second kappa shape index (κ2) is 4.73. The summed E-state index contributed by atoms with van der Waals surface area (Å²) in [5.74, 6) is 0.568. The van der Waals surface area contributed by atoms with Gasteiger partial charge in [-0.05, 0) is 31.3 Å². The van der Waals surface area contributed by atoms with Crippen molar-refractivity contribution in [3.05, 3.63) is 23.4 Å². The first-order valence-corrected chi connectivity index (χ1v) is 6.07. The van der Waals surface area contributed by atoms with Crippen molar-refractivity contribution < 1.29 is 9.90 Å². The molecule has 1 N–H and O–H groups in total. The maximum absolute atomic E-state index is 11.2. The second-order valence-electron chi connectivity index (χ2n) is 4.50. The Morgan fingerprint density at radius 2 is 2.35 bits per heavy atom. The van der Waals surface area contributed by atoms with Crippen LogP contribution < -0.4 is 0 Å². The van der Waals surface area contributed by atoms with Crippen LogP contribution in [0.2, 0.25) is 0 Å². The number of aliphatic carboxylic acids is 1. The Morgan fingerprint density at radius 3 is 2.82 bits per heavy atom. The van der Waals surface area contributed by atoms with E-state index in [9.17, 15) is 9.90 Å². The summed E-state index contributed by atoms with van der Waals surface area (Å²) in [6, 6.07) is 0. The first-order chi connectivity index (χ1) is 8.17. The molecule has 1 aliphatic carbocycles. The smallest absolute Gasteiger partial charge is 0.352 e. The number of rotatable bonds is 4. The summed E-state index contributed by atoms with van der Waals surface area (Å²) in [5.41, 5.74) is 1.30. The molecular formula is C13H18N2O2. The average Bonchev–Trinajstić information content (AvgIpc) is 3.02. The van der Waals surface area contributed by atoms with E-state index >= 15 is 0 Å². The molecular weight excluding hydrogens is 216 g/mol. The number of carboxylic acids is 1. The minimum Gasteiger partial charge on any atom is -0.477 e. The molecule has 0 bridgehead atoms. The van der Waals surface area contributed by atoms with E-state index in [1.807, 2.05) is 17.9 Å². The fraction of sp³-hybridized carbons (Fsp3) is 0.538. The molecule has 92 valence electrons. The van der Waals surface area contributed by atoms with E-state index in [1.54, 1.807) is 13.1 Å². The van der Waals surface area contributed by atoms with Crippen LogP contribution in [-0.4, -0.2) is 35.4 Å². The fourth-order valence-corrected chi connectivity index (χ4v) is 2.10. The highest BCUT2D eigenvalue weighted by Crippen LogP contribution is 2.33. The number of nitrogens with zero attached hydrogens (tertiary/aromatic N) is 2. The third-order valence-corrected chi connectivity index (χ3v) is 3.09. The zero-order valence-corrected chi connectivity index (χ0v) is 10.3. The van der Waals surface area contributed by atoms with Crippen LogP contribution in [0.15, 0.2) is 28.4 Å². The van der Waals surface area contributed by atoms with E-state index in [4.69, 9.17) is 0 Å². The van der Waals surface area contributed by atoms with Crippen molar-refractivity contribution in [1.82, 2.24) is 4.90 Å². The van der Waals surface area contributed by atoms with Gasteiger partial charge in [0.05, 0.1) is 0 Å². The SMILES string of the molecule is CC/C=C1/C=C(C(=O)O)N(CC2CC2)C1=NC. The van der Waals surface area contributed by atoms with Crippen LogP contribution in [0.1, 0.15) is 26.2 Å². The largest absolute Gasteiger partial charge is 0.477 e. The van der Waals surface area contributed by atoms with Gasteiger partial charge in [0.2, 0.25) is 0 Å². The van der Waals surface area contributed by atoms with Crippen molar-refractivity contribution in [1.29, 1.82) is 0 Å². The molecule has 0 saturated heterocycles. The van der Waals surface area contributed by atoms with Gasteiger partial charge in [-0.15, -0.1) is 0 Å². The minimum atomic E-state index is -0.869. The van der Waals surface area contributed by atoms with Crippen molar-refractivity contribution in [2.45, 2.75) is 26.2 Å². The van der Waals surface area contributed by atoms with E-state index in [0.29, 0.717) is 11.6 Å². The molecule has 0 unspecified atom stereocenters.